The lowest BCUT2D eigenvalue weighted by Gasteiger charge is -2.28. The maximum Gasteiger partial charge on any atom is 0.113 e. The van der Waals surface area contributed by atoms with Gasteiger partial charge >= 0.3 is 0 Å². The summed E-state index contributed by atoms with van der Waals surface area (Å²) in [7, 11) is 0. The van der Waals surface area contributed by atoms with Crippen molar-refractivity contribution in [2.45, 2.75) is 19.1 Å². The summed E-state index contributed by atoms with van der Waals surface area (Å²) in [6.45, 7) is 0.631. The Morgan fingerprint density at radius 1 is 1.05 bits per heavy atom. The summed E-state index contributed by atoms with van der Waals surface area (Å²) in [4.78, 5) is 0. The van der Waals surface area contributed by atoms with Gasteiger partial charge in [-0.3, -0.25) is 0 Å². The lowest BCUT2D eigenvalue weighted by Crippen LogP contribution is -2.16. The van der Waals surface area contributed by atoms with Crippen LogP contribution in [-0.4, -0.2) is 5.11 Å². The second kappa shape index (κ2) is 5.47. The zero-order chi connectivity index (χ0) is 14.9. The van der Waals surface area contributed by atoms with E-state index in [9.17, 15) is 5.11 Å². The molecule has 22 heavy (non-hydrogen) atoms. The van der Waals surface area contributed by atoms with Gasteiger partial charge in [-0.2, -0.15) is 0 Å². The molecule has 2 atom stereocenters. The number of hydrogen-bond donors (Lipinski definition) is 1. The molecule has 0 saturated carbocycles. The van der Waals surface area contributed by atoms with Crippen molar-refractivity contribution in [1.82, 2.24) is 0 Å². The van der Waals surface area contributed by atoms with Crippen LogP contribution in [0.15, 0.2) is 60.9 Å². The molecule has 0 radical (unpaired) electrons. The normalized spacial score (nSPS) is 22.3. The van der Waals surface area contributed by atoms with Gasteiger partial charge in [0, 0.05) is 5.92 Å². The van der Waals surface area contributed by atoms with Gasteiger partial charge in [0.2, 0.25) is 0 Å². The van der Waals surface area contributed by atoms with E-state index < -0.39 is 6.10 Å². The largest absolute Gasteiger partial charge is 0.496 e. The average molecular weight is 290 g/mol. The van der Waals surface area contributed by atoms with Gasteiger partial charge in [0.05, 0.1) is 12.4 Å². The molecule has 110 valence electrons. The number of benzene rings is 2. The van der Waals surface area contributed by atoms with Crippen molar-refractivity contribution in [2.24, 2.45) is 5.92 Å². The number of fused-ring (bicyclic) bond motifs is 2. The quantitative estimate of drug-likeness (QED) is 0.892. The Labute approximate surface area is 130 Å². The van der Waals surface area contributed by atoms with Crippen molar-refractivity contribution >= 4 is 11.6 Å². The molecule has 2 aromatic carbocycles. The van der Waals surface area contributed by atoms with E-state index in [2.05, 4.69) is 30.4 Å². The fourth-order valence-corrected chi connectivity index (χ4v) is 3.34. The summed E-state index contributed by atoms with van der Waals surface area (Å²) in [5.74, 6) is 0.0795. The second-order valence-corrected chi connectivity index (χ2v) is 5.91. The summed E-state index contributed by atoms with van der Waals surface area (Å²) in [6, 6.07) is 16.4. The summed E-state index contributed by atoms with van der Waals surface area (Å²) < 4.78 is 5.59. The molecule has 0 saturated heterocycles. The van der Waals surface area contributed by atoms with Crippen molar-refractivity contribution in [3.63, 3.8) is 0 Å². The Morgan fingerprint density at radius 2 is 1.86 bits per heavy atom. The van der Waals surface area contributed by atoms with Crippen molar-refractivity contribution < 1.29 is 9.84 Å². The van der Waals surface area contributed by atoms with Crippen molar-refractivity contribution in [3.8, 4) is 0 Å². The third kappa shape index (κ3) is 2.26. The first-order chi connectivity index (χ1) is 10.8. The lowest BCUT2D eigenvalue weighted by atomic mass is 9.81. The van der Waals surface area contributed by atoms with Crippen LogP contribution in [0.3, 0.4) is 0 Å². The summed E-state index contributed by atoms with van der Waals surface area (Å²) >= 11 is 0. The summed E-state index contributed by atoms with van der Waals surface area (Å²) in [5.41, 5.74) is 5.75. The number of allylic oxidation sites excluding steroid dienone is 1. The van der Waals surface area contributed by atoms with Gasteiger partial charge in [0.15, 0.2) is 0 Å². The van der Waals surface area contributed by atoms with Gasteiger partial charge < -0.3 is 9.84 Å². The third-order valence-corrected chi connectivity index (χ3v) is 4.53. The van der Waals surface area contributed by atoms with Crippen LogP contribution in [0.4, 0.5) is 0 Å². The van der Waals surface area contributed by atoms with Gasteiger partial charge in [0.1, 0.15) is 6.61 Å². The molecular weight excluding hydrogens is 272 g/mol. The van der Waals surface area contributed by atoms with E-state index >= 15 is 0 Å². The van der Waals surface area contributed by atoms with Crippen molar-refractivity contribution in [1.29, 1.82) is 0 Å². The monoisotopic (exact) mass is 290 g/mol. The second-order valence-electron chi connectivity index (χ2n) is 5.91. The highest BCUT2D eigenvalue weighted by Gasteiger charge is 2.26. The van der Waals surface area contributed by atoms with E-state index in [0.29, 0.717) is 6.61 Å². The van der Waals surface area contributed by atoms with Gasteiger partial charge in [-0.05, 0) is 34.2 Å². The summed E-state index contributed by atoms with van der Waals surface area (Å²) in [6.07, 6.45) is 6.40. The standard InChI is InChI=1S/C20H18O2/c21-20-15(10-9-14-5-1-4-8-19(14)20)11-17-13-22-12-16-6-2-3-7-18(16)17/h1-10,13,15,20-21H,11-12H2/t15-,20+/m0/s1. The zero-order valence-electron chi connectivity index (χ0n) is 12.3. The molecule has 1 aliphatic heterocycles. The predicted octanol–water partition coefficient (Wildman–Crippen LogP) is 4.32. The number of aliphatic hydroxyl groups is 1. The van der Waals surface area contributed by atoms with E-state index in [0.717, 1.165) is 23.1 Å². The molecule has 0 spiro atoms. The topological polar surface area (TPSA) is 29.5 Å². The lowest BCUT2D eigenvalue weighted by molar-refractivity contribution is 0.131. The first kappa shape index (κ1) is 13.4. The van der Waals surface area contributed by atoms with Crippen LogP contribution in [-0.2, 0) is 11.3 Å². The molecule has 0 unspecified atom stereocenters. The van der Waals surface area contributed by atoms with Crippen LogP contribution in [0.5, 0.6) is 0 Å². The van der Waals surface area contributed by atoms with Gasteiger partial charge in [0.25, 0.3) is 0 Å². The molecular formula is C20H18O2. The maximum absolute atomic E-state index is 10.7. The molecule has 2 aliphatic rings. The molecule has 1 aliphatic carbocycles. The minimum Gasteiger partial charge on any atom is -0.496 e. The molecule has 1 heterocycles. The molecule has 0 bridgehead atoms. The van der Waals surface area contributed by atoms with E-state index in [-0.39, 0.29) is 5.92 Å². The molecule has 0 amide bonds. The Hall–Kier alpha value is -2.32. The Balaban J connectivity index is 1.62. The van der Waals surface area contributed by atoms with Crippen LogP contribution in [0.25, 0.3) is 11.6 Å². The number of ether oxygens (including phenoxy) is 1. The molecule has 2 heteroatoms. The molecule has 0 fully saturated rings. The number of hydrogen-bond acceptors (Lipinski definition) is 2. The predicted molar refractivity (Wildman–Crippen MR) is 87.8 cm³/mol. The summed E-state index contributed by atoms with van der Waals surface area (Å²) in [5, 5.41) is 10.7. The molecule has 4 rings (SSSR count). The zero-order valence-corrected chi connectivity index (χ0v) is 12.3. The van der Waals surface area contributed by atoms with Crippen LogP contribution in [0.1, 0.15) is 34.8 Å². The SMILES string of the molecule is O[C@H]1c2ccccc2C=C[C@H]1CC1=COCc2ccccc21. The fraction of sp³-hybridized carbons (Fsp3) is 0.200. The molecule has 1 N–H and O–H groups in total. The minimum absolute atomic E-state index is 0.0795. The molecule has 2 nitrogen and oxygen atoms in total. The van der Waals surface area contributed by atoms with Gasteiger partial charge in [-0.15, -0.1) is 0 Å². The van der Waals surface area contributed by atoms with Crippen LogP contribution in [0.2, 0.25) is 0 Å². The van der Waals surface area contributed by atoms with Crippen molar-refractivity contribution in [3.05, 3.63) is 83.1 Å². The van der Waals surface area contributed by atoms with Crippen molar-refractivity contribution in [2.75, 3.05) is 0 Å². The van der Waals surface area contributed by atoms with E-state index in [1.807, 2.05) is 36.6 Å². The molecule has 2 aromatic rings. The number of rotatable bonds is 2. The van der Waals surface area contributed by atoms with Gasteiger partial charge in [-0.25, -0.2) is 0 Å². The van der Waals surface area contributed by atoms with E-state index in [1.54, 1.807) is 0 Å². The molecule has 0 aromatic heterocycles. The maximum atomic E-state index is 10.7. The first-order valence-electron chi connectivity index (χ1n) is 7.67. The minimum atomic E-state index is -0.462. The van der Waals surface area contributed by atoms with Gasteiger partial charge in [-0.1, -0.05) is 60.7 Å². The van der Waals surface area contributed by atoms with E-state index in [4.69, 9.17) is 4.74 Å². The third-order valence-electron chi connectivity index (χ3n) is 4.53. The average Bonchev–Trinajstić information content (AvgIpc) is 2.58. The Bertz CT molecular complexity index is 758. The first-order valence-corrected chi connectivity index (χ1v) is 7.67. The Morgan fingerprint density at radius 3 is 2.82 bits per heavy atom. The smallest absolute Gasteiger partial charge is 0.113 e. The van der Waals surface area contributed by atoms with Crippen LogP contribution in [0, 0.1) is 5.92 Å². The fourth-order valence-electron chi connectivity index (χ4n) is 3.34. The number of aliphatic hydroxyl groups excluding tert-OH is 1. The van der Waals surface area contributed by atoms with Crippen LogP contribution < -0.4 is 0 Å². The highest BCUT2D eigenvalue weighted by molar-refractivity contribution is 5.70. The highest BCUT2D eigenvalue weighted by Crippen LogP contribution is 2.39. The Kier molecular flexibility index (Phi) is 3.32. The van der Waals surface area contributed by atoms with E-state index in [1.165, 1.54) is 11.1 Å². The van der Waals surface area contributed by atoms with Crippen LogP contribution >= 0.6 is 0 Å². The highest BCUT2D eigenvalue weighted by atomic mass is 16.5.